The normalized spacial score (nSPS) is 36.5. The summed E-state index contributed by atoms with van der Waals surface area (Å²) in [7, 11) is 0. The van der Waals surface area contributed by atoms with Gasteiger partial charge in [0.05, 0.1) is 5.76 Å². The molecule has 0 spiro atoms. The second-order valence-corrected chi connectivity index (χ2v) is 4.30. The van der Waals surface area contributed by atoms with Crippen molar-refractivity contribution in [3.05, 3.63) is 12.3 Å². The number of allylic oxidation sites excluding steroid dienone is 1. The number of ether oxygens (including phenoxy) is 1. The average Bonchev–Trinajstić information content (AvgIpc) is 1.81. The lowest BCUT2D eigenvalue weighted by Gasteiger charge is -2.40. The Kier molecular flexibility index (Phi) is 2.00. The molecule has 0 radical (unpaired) electrons. The van der Waals surface area contributed by atoms with Gasteiger partial charge in [0.2, 0.25) is 0 Å². The number of hydrogen-bond acceptors (Lipinski definition) is 1. The molecule has 11 heavy (non-hydrogen) atoms. The Morgan fingerprint density at radius 2 is 2.00 bits per heavy atom. The van der Waals surface area contributed by atoms with Gasteiger partial charge in [-0.3, -0.25) is 0 Å². The molecule has 0 bridgehead atoms. The fourth-order valence-electron chi connectivity index (χ4n) is 1.76. The lowest BCUT2D eigenvalue weighted by Crippen LogP contribution is -2.35. The Morgan fingerprint density at radius 3 is 2.45 bits per heavy atom. The predicted molar refractivity (Wildman–Crippen MR) is 47.2 cm³/mol. The van der Waals surface area contributed by atoms with Crippen LogP contribution in [-0.4, -0.2) is 5.60 Å². The minimum absolute atomic E-state index is 0.00299. The van der Waals surface area contributed by atoms with Crippen molar-refractivity contribution in [2.24, 2.45) is 11.8 Å². The Balaban J connectivity index is 2.70. The van der Waals surface area contributed by atoms with Gasteiger partial charge in [0, 0.05) is 5.92 Å². The SMILES string of the molecule is C=C1OC(C)(C)CC(C)C1C. The monoisotopic (exact) mass is 154 g/mol. The van der Waals surface area contributed by atoms with Crippen LogP contribution < -0.4 is 0 Å². The van der Waals surface area contributed by atoms with Gasteiger partial charge in [-0.1, -0.05) is 20.4 Å². The highest BCUT2D eigenvalue weighted by molar-refractivity contribution is 4.99. The van der Waals surface area contributed by atoms with Gasteiger partial charge < -0.3 is 4.74 Å². The standard InChI is InChI=1S/C10H18O/c1-7-6-10(4,5)11-9(3)8(7)2/h7-8H,3,6H2,1-2,4-5H3. The first-order valence-electron chi connectivity index (χ1n) is 4.30. The first-order chi connectivity index (χ1) is 4.92. The van der Waals surface area contributed by atoms with Gasteiger partial charge in [-0.25, -0.2) is 0 Å². The zero-order valence-corrected chi connectivity index (χ0v) is 7.98. The van der Waals surface area contributed by atoms with Crippen molar-refractivity contribution in [3.8, 4) is 0 Å². The fourth-order valence-corrected chi connectivity index (χ4v) is 1.76. The maximum Gasteiger partial charge on any atom is 0.103 e. The van der Waals surface area contributed by atoms with Gasteiger partial charge in [0.1, 0.15) is 5.60 Å². The third kappa shape index (κ3) is 1.76. The van der Waals surface area contributed by atoms with Gasteiger partial charge in [0.15, 0.2) is 0 Å². The fraction of sp³-hybridized carbons (Fsp3) is 0.800. The minimum atomic E-state index is 0.00299. The molecule has 1 saturated heterocycles. The maximum atomic E-state index is 5.66. The Bertz CT molecular complexity index is 170. The van der Waals surface area contributed by atoms with E-state index in [-0.39, 0.29) is 5.60 Å². The van der Waals surface area contributed by atoms with E-state index in [0.717, 1.165) is 12.2 Å². The zero-order valence-electron chi connectivity index (χ0n) is 7.98. The highest BCUT2D eigenvalue weighted by Gasteiger charge is 2.33. The van der Waals surface area contributed by atoms with Crippen LogP contribution in [0.15, 0.2) is 12.3 Å². The summed E-state index contributed by atoms with van der Waals surface area (Å²) < 4.78 is 5.66. The van der Waals surface area contributed by atoms with E-state index in [0.29, 0.717) is 11.8 Å². The van der Waals surface area contributed by atoms with Crippen molar-refractivity contribution in [1.82, 2.24) is 0 Å². The Morgan fingerprint density at radius 1 is 1.45 bits per heavy atom. The van der Waals surface area contributed by atoms with E-state index in [1.54, 1.807) is 0 Å². The van der Waals surface area contributed by atoms with Gasteiger partial charge >= 0.3 is 0 Å². The van der Waals surface area contributed by atoms with Crippen LogP contribution in [-0.2, 0) is 4.74 Å². The van der Waals surface area contributed by atoms with E-state index in [1.807, 2.05) is 0 Å². The molecule has 1 rings (SSSR count). The van der Waals surface area contributed by atoms with Crippen molar-refractivity contribution in [3.63, 3.8) is 0 Å². The van der Waals surface area contributed by atoms with Gasteiger partial charge in [-0.15, -0.1) is 0 Å². The second kappa shape index (κ2) is 2.54. The Labute approximate surface area is 69.4 Å². The molecule has 1 heteroatoms. The van der Waals surface area contributed by atoms with Crippen LogP contribution in [0.2, 0.25) is 0 Å². The lowest BCUT2D eigenvalue weighted by molar-refractivity contribution is -0.0422. The summed E-state index contributed by atoms with van der Waals surface area (Å²) in [5.41, 5.74) is 0.00299. The van der Waals surface area contributed by atoms with Crippen LogP contribution in [0.1, 0.15) is 34.1 Å². The summed E-state index contributed by atoms with van der Waals surface area (Å²) in [4.78, 5) is 0. The van der Waals surface area contributed by atoms with Crippen molar-refractivity contribution in [1.29, 1.82) is 0 Å². The maximum absolute atomic E-state index is 5.66. The molecule has 0 aliphatic carbocycles. The minimum Gasteiger partial charge on any atom is -0.493 e. The highest BCUT2D eigenvalue weighted by Crippen LogP contribution is 2.37. The molecule has 0 aromatic rings. The van der Waals surface area contributed by atoms with Crippen molar-refractivity contribution >= 4 is 0 Å². The molecule has 1 nitrogen and oxygen atoms in total. The van der Waals surface area contributed by atoms with Crippen LogP contribution in [0.5, 0.6) is 0 Å². The molecule has 1 heterocycles. The topological polar surface area (TPSA) is 9.23 Å². The molecule has 2 unspecified atom stereocenters. The van der Waals surface area contributed by atoms with E-state index in [9.17, 15) is 0 Å². The first kappa shape index (κ1) is 8.63. The van der Waals surface area contributed by atoms with E-state index >= 15 is 0 Å². The third-order valence-corrected chi connectivity index (χ3v) is 2.58. The predicted octanol–water partition coefficient (Wildman–Crippen LogP) is 2.97. The second-order valence-electron chi connectivity index (χ2n) is 4.30. The summed E-state index contributed by atoms with van der Waals surface area (Å²) >= 11 is 0. The molecule has 64 valence electrons. The summed E-state index contributed by atoms with van der Waals surface area (Å²) in [5, 5.41) is 0. The average molecular weight is 154 g/mol. The van der Waals surface area contributed by atoms with Crippen molar-refractivity contribution in [2.45, 2.75) is 39.7 Å². The summed E-state index contributed by atoms with van der Waals surface area (Å²) in [6.45, 7) is 12.6. The molecule has 1 fully saturated rings. The molecule has 1 aliphatic heterocycles. The quantitative estimate of drug-likeness (QED) is 0.521. The molecule has 0 aromatic heterocycles. The van der Waals surface area contributed by atoms with E-state index in [2.05, 4.69) is 34.3 Å². The summed E-state index contributed by atoms with van der Waals surface area (Å²) in [5.74, 6) is 2.17. The van der Waals surface area contributed by atoms with Gasteiger partial charge in [-0.2, -0.15) is 0 Å². The molecular formula is C10H18O. The molecule has 0 amide bonds. The van der Waals surface area contributed by atoms with Crippen LogP contribution >= 0.6 is 0 Å². The van der Waals surface area contributed by atoms with E-state index < -0.39 is 0 Å². The molecule has 2 atom stereocenters. The largest absolute Gasteiger partial charge is 0.493 e. The molecular weight excluding hydrogens is 136 g/mol. The summed E-state index contributed by atoms with van der Waals surface area (Å²) in [6.07, 6.45) is 1.13. The molecule has 1 aliphatic rings. The molecule has 0 aromatic carbocycles. The number of hydrogen-bond donors (Lipinski definition) is 0. The van der Waals surface area contributed by atoms with Crippen LogP contribution in [0.3, 0.4) is 0 Å². The van der Waals surface area contributed by atoms with Crippen LogP contribution in [0.25, 0.3) is 0 Å². The van der Waals surface area contributed by atoms with Crippen LogP contribution in [0, 0.1) is 11.8 Å². The Hall–Kier alpha value is -0.460. The van der Waals surface area contributed by atoms with Crippen molar-refractivity contribution < 1.29 is 4.74 Å². The van der Waals surface area contributed by atoms with Gasteiger partial charge in [-0.05, 0) is 26.2 Å². The molecule has 0 N–H and O–H groups in total. The van der Waals surface area contributed by atoms with Gasteiger partial charge in [0.25, 0.3) is 0 Å². The van der Waals surface area contributed by atoms with E-state index in [1.165, 1.54) is 0 Å². The first-order valence-corrected chi connectivity index (χ1v) is 4.30. The highest BCUT2D eigenvalue weighted by atomic mass is 16.5. The van der Waals surface area contributed by atoms with Crippen molar-refractivity contribution in [2.75, 3.05) is 0 Å². The smallest absolute Gasteiger partial charge is 0.103 e. The zero-order chi connectivity index (χ0) is 8.65. The van der Waals surface area contributed by atoms with E-state index in [4.69, 9.17) is 4.74 Å². The van der Waals surface area contributed by atoms with Crippen LogP contribution in [0.4, 0.5) is 0 Å². The summed E-state index contributed by atoms with van der Waals surface area (Å²) in [6, 6.07) is 0. The lowest BCUT2D eigenvalue weighted by atomic mass is 9.82. The third-order valence-electron chi connectivity index (χ3n) is 2.58. The number of rotatable bonds is 0. The molecule has 0 saturated carbocycles.